The first-order chi connectivity index (χ1) is 8.16. The van der Waals surface area contributed by atoms with Crippen molar-refractivity contribution in [3.63, 3.8) is 0 Å². The summed E-state index contributed by atoms with van der Waals surface area (Å²) in [4.78, 5) is 3.93. The van der Waals surface area contributed by atoms with Gasteiger partial charge in [-0.2, -0.15) is 4.98 Å². The van der Waals surface area contributed by atoms with Crippen molar-refractivity contribution in [1.82, 2.24) is 10.1 Å². The molecule has 2 N–H and O–H groups in total. The summed E-state index contributed by atoms with van der Waals surface area (Å²) >= 11 is 0. The Bertz CT molecular complexity index is 451. The predicted octanol–water partition coefficient (Wildman–Crippen LogP) is 1.90. The van der Waals surface area contributed by atoms with E-state index in [2.05, 4.69) is 14.7 Å². The first-order valence-electron chi connectivity index (χ1n) is 5.45. The van der Waals surface area contributed by atoms with Crippen LogP contribution in [-0.2, 0) is 0 Å². The molecule has 0 saturated carbocycles. The van der Waals surface area contributed by atoms with Gasteiger partial charge in [-0.25, -0.2) is 0 Å². The van der Waals surface area contributed by atoms with Crippen molar-refractivity contribution in [2.75, 3.05) is 0 Å². The fourth-order valence-electron chi connectivity index (χ4n) is 1.49. The molecule has 1 aromatic heterocycles. The molecule has 1 unspecified atom stereocenters. The Kier molecular flexibility index (Phi) is 3.39. The number of hydrogen-bond acceptors (Lipinski definition) is 5. The third-order valence-electron chi connectivity index (χ3n) is 2.27. The molecular formula is C12H15N3O2. The van der Waals surface area contributed by atoms with Gasteiger partial charge in [0.15, 0.2) is 5.82 Å². The van der Waals surface area contributed by atoms with Crippen LogP contribution in [0.4, 0.5) is 0 Å². The van der Waals surface area contributed by atoms with Crippen LogP contribution in [0.5, 0.6) is 5.75 Å². The SMILES string of the molecule is CC(C)Oc1ccc(C(N)c2ncon2)cc1. The molecule has 90 valence electrons. The molecule has 17 heavy (non-hydrogen) atoms. The lowest BCUT2D eigenvalue weighted by Gasteiger charge is -2.11. The molecule has 0 fully saturated rings. The van der Waals surface area contributed by atoms with Gasteiger partial charge in [0.25, 0.3) is 0 Å². The van der Waals surface area contributed by atoms with Crippen LogP contribution in [-0.4, -0.2) is 16.2 Å². The Balaban J connectivity index is 2.12. The van der Waals surface area contributed by atoms with E-state index in [-0.39, 0.29) is 12.1 Å². The topological polar surface area (TPSA) is 74.2 Å². The molecule has 0 aliphatic rings. The van der Waals surface area contributed by atoms with Gasteiger partial charge < -0.3 is 15.0 Å². The Labute approximate surface area is 99.6 Å². The van der Waals surface area contributed by atoms with Gasteiger partial charge in [0.2, 0.25) is 6.39 Å². The largest absolute Gasteiger partial charge is 0.491 e. The molecule has 5 heteroatoms. The number of rotatable bonds is 4. The van der Waals surface area contributed by atoms with E-state index >= 15 is 0 Å². The van der Waals surface area contributed by atoms with Gasteiger partial charge in [0.1, 0.15) is 5.75 Å². The van der Waals surface area contributed by atoms with Crippen LogP contribution in [0, 0.1) is 0 Å². The second-order valence-electron chi connectivity index (χ2n) is 4.00. The van der Waals surface area contributed by atoms with Crippen molar-refractivity contribution < 1.29 is 9.26 Å². The molecule has 0 bridgehead atoms. The van der Waals surface area contributed by atoms with Crippen LogP contribution < -0.4 is 10.5 Å². The van der Waals surface area contributed by atoms with E-state index in [9.17, 15) is 0 Å². The normalized spacial score (nSPS) is 12.7. The number of aromatic nitrogens is 2. The Morgan fingerprint density at radius 1 is 1.24 bits per heavy atom. The highest BCUT2D eigenvalue weighted by atomic mass is 16.5. The molecule has 0 radical (unpaired) electrons. The minimum Gasteiger partial charge on any atom is -0.491 e. The number of nitrogens with two attached hydrogens (primary N) is 1. The van der Waals surface area contributed by atoms with E-state index in [1.54, 1.807) is 0 Å². The zero-order chi connectivity index (χ0) is 12.3. The van der Waals surface area contributed by atoms with E-state index in [1.165, 1.54) is 6.39 Å². The quantitative estimate of drug-likeness (QED) is 0.873. The van der Waals surface area contributed by atoms with Crippen LogP contribution in [0.3, 0.4) is 0 Å². The van der Waals surface area contributed by atoms with Gasteiger partial charge in [0.05, 0.1) is 12.1 Å². The molecule has 0 spiro atoms. The predicted molar refractivity (Wildman–Crippen MR) is 62.5 cm³/mol. The van der Waals surface area contributed by atoms with Crippen molar-refractivity contribution in [2.45, 2.75) is 26.0 Å². The molecule has 5 nitrogen and oxygen atoms in total. The standard InChI is InChI=1S/C12H15N3O2/c1-8(2)17-10-5-3-9(4-6-10)11(13)12-14-7-16-15-12/h3-8,11H,13H2,1-2H3. The summed E-state index contributed by atoms with van der Waals surface area (Å²) in [5.41, 5.74) is 6.91. The maximum Gasteiger partial charge on any atom is 0.213 e. The summed E-state index contributed by atoms with van der Waals surface area (Å²) in [7, 11) is 0. The molecule has 2 aromatic rings. The van der Waals surface area contributed by atoms with Crippen molar-refractivity contribution in [3.8, 4) is 5.75 Å². The van der Waals surface area contributed by atoms with Crippen molar-refractivity contribution in [3.05, 3.63) is 42.0 Å². The molecule has 0 saturated heterocycles. The Morgan fingerprint density at radius 3 is 2.47 bits per heavy atom. The third kappa shape index (κ3) is 2.82. The molecular weight excluding hydrogens is 218 g/mol. The lowest BCUT2D eigenvalue weighted by molar-refractivity contribution is 0.242. The van der Waals surface area contributed by atoms with Crippen LogP contribution >= 0.6 is 0 Å². The molecule has 1 aromatic carbocycles. The number of benzene rings is 1. The lowest BCUT2D eigenvalue weighted by Crippen LogP contribution is -2.13. The smallest absolute Gasteiger partial charge is 0.213 e. The first-order valence-corrected chi connectivity index (χ1v) is 5.45. The van der Waals surface area contributed by atoms with Crippen molar-refractivity contribution in [2.24, 2.45) is 5.73 Å². The summed E-state index contributed by atoms with van der Waals surface area (Å²) in [5, 5.41) is 3.72. The maximum absolute atomic E-state index is 5.99. The highest BCUT2D eigenvalue weighted by Crippen LogP contribution is 2.20. The number of nitrogens with zero attached hydrogens (tertiary/aromatic N) is 2. The maximum atomic E-state index is 5.99. The zero-order valence-electron chi connectivity index (χ0n) is 9.83. The zero-order valence-corrected chi connectivity index (χ0v) is 9.83. The van der Waals surface area contributed by atoms with Gasteiger partial charge >= 0.3 is 0 Å². The van der Waals surface area contributed by atoms with E-state index < -0.39 is 0 Å². The summed E-state index contributed by atoms with van der Waals surface area (Å²) < 4.78 is 10.2. The van der Waals surface area contributed by atoms with Crippen LogP contribution in [0.2, 0.25) is 0 Å². The van der Waals surface area contributed by atoms with Gasteiger partial charge in [0, 0.05) is 0 Å². The van der Waals surface area contributed by atoms with Crippen LogP contribution in [0.15, 0.2) is 35.2 Å². The summed E-state index contributed by atoms with van der Waals surface area (Å²) in [5.74, 6) is 1.30. The van der Waals surface area contributed by atoms with Crippen molar-refractivity contribution in [1.29, 1.82) is 0 Å². The van der Waals surface area contributed by atoms with Gasteiger partial charge in [-0.3, -0.25) is 0 Å². The molecule has 1 atom stereocenters. The van der Waals surface area contributed by atoms with Crippen LogP contribution in [0.1, 0.15) is 31.3 Å². The number of hydrogen-bond donors (Lipinski definition) is 1. The molecule has 0 aliphatic heterocycles. The average molecular weight is 233 g/mol. The fraction of sp³-hybridized carbons (Fsp3) is 0.333. The second kappa shape index (κ2) is 4.97. The van der Waals surface area contributed by atoms with Crippen LogP contribution in [0.25, 0.3) is 0 Å². The highest BCUT2D eigenvalue weighted by Gasteiger charge is 2.13. The first kappa shape index (κ1) is 11.6. The third-order valence-corrected chi connectivity index (χ3v) is 2.27. The van der Waals surface area contributed by atoms with Gasteiger partial charge in [-0.05, 0) is 31.5 Å². The highest BCUT2D eigenvalue weighted by molar-refractivity contribution is 5.31. The van der Waals surface area contributed by atoms with E-state index in [4.69, 9.17) is 10.5 Å². The Morgan fingerprint density at radius 2 is 1.94 bits per heavy atom. The minimum absolute atomic E-state index is 0.159. The lowest BCUT2D eigenvalue weighted by atomic mass is 10.1. The Hall–Kier alpha value is -1.88. The summed E-state index contributed by atoms with van der Waals surface area (Å²) in [6.07, 6.45) is 1.43. The van der Waals surface area contributed by atoms with Gasteiger partial charge in [-0.1, -0.05) is 17.3 Å². The monoisotopic (exact) mass is 233 g/mol. The molecule has 1 heterocycles. The van der Waals surface area contributed by atoms with Gasteiger partial charge in [-0.15, -0.1) is 0 Å². The molecule has 2 rings (SSSR count). The van der Waals surface area contributed by atoms with E-state index in [1.807, 2.05) is 38.1 Å². The fourth-order valence-corrected chi connectivity index (χ4v) is 1.49. The van der Waals surface area contributed by atoms with E-state index in [0.717, 1.165) is 11.3 Å². The van der Waals surface area contributed by atoms with E-state index in [0.29, 0.717) is 5.82 Å². The minimum atomic E-state index is -0.373. The van der Waals surface area contributed by atoms with Crippen molar-refractivity contribution >= 4 is 0 Å². The second-order valence-corrected chi connectivity index (χ2v) is 4.00. The summed E-state index contributed by atoms with van der Waals surface area (Å²) in [6.45, 7) is 3.97. The average Bonchev–Trinajstić information content (AvgIpc) is 2.82. The number of ether oxygens (including phenoxy) is 1. The molecule has 0 amide bonds. The molecule has 0 aliphatic carbocycles. The summed E-state index contributed by atoms with van der Waals surface area (Å²) in [6, 6.07) is 7.20.